The van der Waals surface area contributed by atoms with Crippen LogP contribution in [0.15, 0.2) is 46.7 Å². The SMILES string of the molecule is Cn1cnc(S(=O)(=O)N2CCCN(S(=O)(=O)c3cccc(C(F)(F)F)c3)CC2)c1. The van der Waals surface area contributed by atoms with Gasteiger partial charge in [0.2, 0.25) is 10.0 Å². The van der Waals surface area contributed by atoms with Crippen LogP contribution < -0.4 is 0 Å². The van der Waals surface area contributed by atoms with Gasteiger partial charge in [-0.2, -0.15) is 21.8 Å². The summed E-state index contributed by atoms with van der Waals surface area (Å²) in [5.74, 6) is 0. The number of alkyl halides is 3. The van der Waals surface area contributed by atoms with Gasteiger partial charge in [-0.3, -0.25) is 0 Å². The Bertz CT molecular complexity index is 1100. The maximum Gasteiger partial charge on any atom is 0.416 e. The van der Waals surface area contributed by atoms with Crippen LogP contribution in [0.5, 0.6) is 0 Å². The minimum Gasteiger partial charge on any atom is -0.339 e. The lowest BCUT2D eigenvalue weighted by Crippen LogP contribution is -2.37. The highest BCUT2D eigenvalue weighted by atomic mass is 32.2. The fraction of sp³-hybridized carbons (Fsp3) is 0.438. The molecular weight excluding hydrogens is 433 g/mol. The van der Waals surface area contributed by atoms with E-state index in [1.54, 1.807) is 7.05 Å². The molecule has 0 amide bonds. The minimum absolute atomic E-state index is 0.00713. The molecule has 0 bridgehead atoms. The molecule has 1 aromatic heterocycles. The highest BCUT2D eigenvalue weighted by molar-refractivity contribution is 7.89. The van der Waals surface area contributed by atoms with Gasteiger partial charge in [-0.05, 0) is 24.6 Å². The Morgan fingerprint density at radius 1 is 0.966 bits per heavy atom. The third-order valence-electron chi connectivity index (χ3n) is 4.50. The number of rotatable bonds is 4. The standard InChI is InChI=1S/C16H19F3N4O4S2/c1-21-11-15(20-12-21)29(26,27)23-7-3-6-22(8-9-23)28(24,25)14-5-2-4-13(10-14)16(17,18)19/h2,4-5,10-12H,3,6-9H2,1H3. The number of nitrogens with zero attached hydrogens (tertiary/aromatic N) is 4. The van der Waals surface area contributed by atoms with Crippen molar-refractivity contribution >= 4 is 20.0 Å². The van der Waals surface area contributed by atoms with Gasteiger partial charge in [0.15, 0.2) is 5.03 Å². The first kappa shape index (κ1) is 21.7. The van der Waals surface area contributed by atoms with Crippen molar-refractivity contribution in [1.29, 1.82) is 0 Å². The maximum atomic E-state index is 12.9. The van der Waals surface area contributed by atoms with Gasteiger partial charge < -0.3 is 4.57 Å². The average Bonchev–Trinajstić information content (AvgIpc) is 2.93. The molecule has 1 fully saturated rings. The van der Waals surface area contributed by atoms with Crippen molar-refractivity contribution < 1.29 is 30.0 Å². The molecule has 0 aliphatic carbocycles. The minimum atomic E-state index is -4.67. The van der Waals surface area contributed by atoms with Crippen LogP contribution in [-0.2, 0) is 33.3 Å². The van der Waals surface area contributed by atoms with Crippen LogP contribution in [0.3, 0.4) is 0 Å². The van der Waals surface area contributed by atoms with Crippen molar-refractivity contribution in [2.24, 2.45) is 7.05 Å². The van der Waals surface area contributed by atoms with Crippen LogP contribution in [0.4, 0.5) is 13.2 Å². The Labute approximate surface area is 166 Å². The number of aryl methyl sites for hydroxylation is 1. The third kappa shape index (κ3) is 4.47. The molecule has 2 aromatic rings. The molecule has 1 aromatic carbocycles. The first-order valence-corrected chi connectivity index (χ1v) is 11.5. The van der Waals surface area contributed by atoms with Crippen molar-refractivity contribution in [3.8, 4) is 0 Å². The van der Waals surface area contributed by atoms with Crippen molar-refractivity contribution in [1.82, 2.24) is 18.2 Å². The van der Waals surface area contributed by atoms with E-state index in [0.717, 1.165) is 26.8 Å². The van der Waals surface area contributed by atoms with E-state index >= 15 is 0 Å². The molecule has 1 aliphatic heterocycles. The summed E-state index contributed by atoms with van der Waals surface area (Å²) in [5.41, 5.74) is -1.06. The smallest absolute Gasteiger partial charge is 0.339 e. The molecular formula is C16H19F3N4O4S2. The summed E-state index contributed by atoms with van der Waals surface area (Å²) in [5, 5.41) is -0.144. The van der Waals surface area contributed by atoms with Gasteiger partial charge in [0, 0.05) is 39.4 Å². The third-order valence-corrected chi connectivity index (χ3v) is 8.18. The highest BCUT2D eigenvalue weighted by Crippen LogP contribution is 2.31. The topological polar surface area (TPSA) is 92.6 Å². The molecule has 0 spiro atoms. The van der Waals surface area contributed by atoms with Gasteiger partial charge in [0.05, 0.1) is 16.8 Å². The lowest BCUT2D eigenvalue weighted by Gasteiger charge is -2.21. The zero-order chi connectivity index (χ0) is 21.4. The maximum absolute atomic E-state index is 12.9. The van der Waals surface area contributed by atoms with Crippen LogP contribution >= 0.6 is 0 Å². The van der Waals surface area contributed by atoms with E-state index in [9.17, 15) is 30.0 Å². The van der Waals surface area contributed by atoms with Crippen LogP contribution in [0, 0.1) is 0 Å². The fourth-order valence-electron chi connectivity index (χ4n) is 2.99. The molecule has 13 heteroatoms. The van der Waals surface area contributed by atoms with Crippen molar-refractivity contribution in [2.45, 2.75) is 22.5 Å². The Morgan fingerprint density at radius 2 is 1.59 bits per heavy atom. The van der Waals surface area contributed by atoms with Crippen molar-refractivity contribution in [3.05, 3.63) is 42.4 Å². The molecule has 3 rings (SSSR count). The Kier molecular flexibility index (Phi) is 5.77. The predicted molar refractivity (Wildman–Crippen MR) is 96.8 cm³/mol. The molecule has 0 radical (unpaired) electrons. The van der Waals surface area contributed by atoms with E-state index in [1.807, 2.05) is 0 Å². The Morgan fingerprint density at radius 3 is 2.14 bits per heavy atom. The second-order valence-electron chi connectivity index (χ2n) is 6.56. The number of sulfonamides is 2. The molecule has 8 nitrogen and oxygen atoms in total. The summed E-state index contributed by atoms with van der Waals surface area (Å²) in [6.07, 6.45) is -1.78. The zero-order valence-corrected chi connectivity index (χ0v) is 17.0. The zero-order valence-electron chi connectivity index (χ0n) is 15.4. The largest absolute Gasteiger partial charge is 0.416 e. The first-order valence-electron chi connectivity index (χ1n) is 8.58. The van der Waals surface area contributed by atoms with Crippen molar-refractivity contribution in [3.63, 3.8) is 0 Å². The van der Waals surface area contributed by atoms with E-state index in [4.69, 9.17) is 0 Å². The second kappa shape index (κ2) is 7.70. The molecule has 0 N–H and O–H groups in total. The van der Waals surface area contributed by atoms with E-state index < -0.39 is 36.7 Å². The molecule has 1 saturated heterocycles. The lowest BCUT2D eigenvalue weighted by molar-refractivity contribution is -0.137. The molecule has 2 heterocycles. The number of halogens is 3. The van der Waals surface area contributed by atoms with Gasteiger partial charge >= 0.3 is 6.18 Å². The van der Waals surface area contributed by atoms with Crippen LogP contribution in [0.2, 0.25) is 0 Å². The highest BCUT2D eigenvalue weighted by Gasteiger charge is 2.35. The Hall–Kier alpha value is -1.96. The summed E-state index contributed by atoms with van der Waals surface area (Å²) in [7, 11) is -6.48. The molecule has 29 heavy (non-hydrogen) atoms. The molecule has 0 saturated carbocycles. The second-order valence-corrected chi connectivity index (χ2v) is 10.4. The summed E-state index contributed by atoms with van der Waals surface area (Å²) in [4.78, 5) is 3.36. The lowest BCUT2D eigenvalue weighted by atomic mass is 10.2. The summed E-state index contributed by atoms with van der Waals surface area (Å²) in [6.45, 7) is -0.234. The number of imidazole rings is 1. The van der Waals surface area contributed by atoms with Crippen molar-refractivity contribution in [2.75, 3.05) is 26.2 Å². The predicted octanol–water partition coefficient (Wildman–Crippen LogP) is 1.52. The summed E-state index contributed by atoms with van der Waals surface area (Å²) in [6, 6.07) is 3.51. The fourth-order valence-corrected chi connectivity index (χ4v) is 5.94. The summed E-state index contributed by atoms with van der Waals surface area (Å²) >= 11 is 0. The monoisotopic (exact) mass is 452 g/mol. The van der Waals surface area contributed by atoms with Gasteiger partial charge in [-0.15, -0.1) is 0 Å². The van der Waals surface area contributed by atoms with Gasteiger partial charge in [-0.1, -0.05) is 6.07 Å². The van der Waals surface area contributed by atoms with Gasteiger partial charge in [0.1, 0.15) is 0 Å². The quantitative estimate of drug-likeness (QED) is 0.702. The number of benzene rings is 1. The van der Waals surface area contributed by atoms with Crippen LogP contribution in [0.1, 0.15) is 12.0 Å². The Balaban J connectivity index is 1.82. The van der Waals surface area contributed by atoms with E-state index in [2.05, 4.69) is 4.98 Å². The molecule has 0 atom stereocenters. The van der Waals surface area contributed by atoms with Crippen LogP contribution in [-0.4, -0.2) is 61.2 Å². The molecule has 160 valence electrons. The normalized spacial score (nSPS) is 17.9. The molecule has 0 unspecified atom stereocenters. The van der Waals surface area contributed by atoms with E-state index in [1.165, 1.54) is 17.1 Å². The van der Waals surface area contributed by atoms with E-state index in [-0.39, 0.29) is 37.6 Å². The number of hydrogen-bond donors (Lipinski definition) is 0. The first-order chi connectivity index (χ1) is 13.4. The van der Waals surface area contributed by atoms with E-state index in [0.29, 0.717) is 6.07 Å². The van der Waals surface area contributed by atoms with Gasteiger partial charge in [0.25, 0.3) is 10.0 Å². The van der Waals surface area contributed by atoms with Gasteiger partial charge in [-0.25, -0.2) is 21.8 Å². The summed E-state index contributed by atoms with van der Waals surface area (Å²) < 4.78 is 93.4. The number of aromatic nitrogens is 2. The number of hydrogen-bond acceptors (Lipinski definition) is 5. The molecule has 1 aliphatic rings. The average molecular weight is 452 g/mol. The van der Waals surface area contributed by atoms with Crippen LogP contribution in [0.25, 0.3) is 0 Å².